The molecular weight excluding hydrogens is 320 g/mol. The van der Waals surface area contributed by atoms with Gasteiger partial charge in [0.1, 0.15) is 5.52 Å². The summed E-state index contributed by atoms with van der Waals surface area (Å²) in [6.45, 7) is 0. The summed E-state index contributed by atoms with van der Waals surface area (Å²) < 4.78 is 15.2. The Labute approximate surface area is 144 Å². The predicted molar refractivity (Wildman–Crippen MR) is 93.0 cm³/mol. The number of H-pyrrole nitrogens is 1. The van der Waals surface area contributed by atoms with E-state index in [0.717, 1.165) is 11.1 Å². The Morgan fingerprint density at radius 2 is 1.84 bits per heavy atom. The third kappa shape index (κ3) is 3.26. The molecule has 25 heavy (non-hydrogen) atoms. The number of esters is 1. The zero-order chi connectivity index (χ0) is 17.8. The van der Waals surface area contributed by atoms with Crippen molar-refractivity contribution in [2.45, 2.75) is 0 Å². The van der Waals surface area contributed by atoms with Crippen molar-refractivity contribution in [3.8, 4) is 23.3 Å². The minimum atomic E-state index is -0.434. The lowest BCUT2D eigenvalue weighted by molar-refractivity contribution is 0.0603. The van der Waals surface area contributed by atoms with Gasteiger partial charge >= 0.3 is 5.97 Å². The van der Waals surface area contributed by atoms with Crippen molar-refractivity contribution in [1.29, 1.82) is 0 Å². The number of ether oxygens (including phenoxy) is 3. The van der Waals surface area contributed by atoms with E-state index in [2.05, 4.69) is 21.8 Å². The molecule has 3 aromatic rings. The smallest absolute Gasteiger partial charge is 0.340 e. The summed E-state index contributed by atoms with van der Waals surface area (Å²) >= 11 is 0. The average molecular weight is 336 g/mol. The second-order valence-electron chi connectivity index (χ2n) is 5.10. The van der Waals surface area contributed by atoms with Crippen LogP contribution < -0.4 is 9.47 Å². The van der Waals surface area contributed by atoms with Crippen LogP contribution in [-0.4, -0.2) is 37.3 Å². The number of aromatic nitrogens is 2. The number of hydrogen-bond acceptors (Lipinski definition) is 5. The quantitative estimate of drug-likeness (QED) is 0.588. The van der Waals surface area contributed by atoms with Crippen LogP contribution in [-0.2, 0) is 4.74 Å². The van der Waals surface area contributed by atoms with Crippen LogP contribution in [0.1, 0.15) is 21.7 Å². The van der Waals surface area contributed by atoms with Gasteiger partial charge in [-0.25, -0.2) is 9.78 Å². The first-order valence-electron chi connectivity index (χ1n) is 7.47. The molecular formula is C19H16N2O4. The Balaban J connectivity index is 1.97. The highest BCUT2D eigenvalue weighted by Gasteiger charge is 2.13. The van der Waals surface area contributed by atoms with Gasteiger partial charge in [-0.15, -0.1) is 0 Å². The molecule has 0 aliphatic heterocycles. The maximum absolute atomic E-state index is 11.8. The highest BCUT2D eigenvalue weighted by Crippen LogP contribution is 2.27. The Morgan fingerprint density at radius 1 is 1.04 bits per heavy atom. The van der Waals surface area contributed by atoms with E-state index in [0.29, 0.717) is 28.4 Å². The lowest BCUT2D eigenvalue weighted by atomic mass is 10.2. The average Bonchev–Trinajstić information content (AvgIpc) is 3.08. The van der Waals surface area contributed by atoms with Crippen LogP contribution in [0.2, 0.25) is 0 Å². The number of imidazole rings is 1. The summed E-state index contributed by atoms with van der Waals surface area (Å²) in [5, 5.41) is 0. The highest BCUT2D eigenvalue weighted by molar-refractivity contribution is 6.02. The maximum atomic E-state index is 11.8. The Morgan fingerprint density at radius 3 is 2.56 bits per heavy atom. The molecule has 6 heteroatoms. The van der Waals surface area contributed by atoms with Crippen LogP contribution in [0.5, 0.6) is 11.5 Å². The number of benzene rings is 2. The number of aromatic amines is 1. The summed E-state index contributed by atoms with van der Waals surface area (Å²) in [5.74, 6) is 7.24. The van der Waals surface area contributed by atoms with Gasteiger partial charge in [0.15, 0.2) is 17.3 Å². The van der Waals surface area contributed by atoms with Crippen LogP contribution in [0.3, 0.4) is 0 Å². The maximum Gasteiger partial charge on any atom is 0.340 e. The second-order valence-corrected chi connectivity index (χ2v) is 5.10. The number of methoxy groups -OCH3 is 3. The zero-order valence-corrected chi connectivity index (χ0v) is 14.0. The largest absolute Gasteiger partial charge is 0.493 e. The van der Waals surface area contributed by atoms with Gasteiger partial charge in [-0.1, -0.05) is 12.0 Å². The zero-order valence-electron chi connectivity index (χ0n) is 14.0. The van der Waals surface area contributed by atoms with Crippen LogP contribution in [0.25, 0.3) is 11.0 Å². The minimum absolute atomic E-state index is 0.399. The molecule has 0 aliphatic carbocycles. The van der Waals surface area contributed by atoms with Crippen molar-refractivity contribution in [1.82, 2.24) is 9.97 Å². The molecule has 1 heterocycles. The molecule has 0 spiro atoms. The molecule has 0 aliphatic rings. The van der Waals surface area contributed by atoms with Crippen LogP contribution in [0.4, 0.5) is 0 Å². The van der Waals surface area contributed by atoms with E-state index in [1.54, 1.807) is 38.5 Å². The third-order valence-electron chi connectivity index (χ3n) is 3.63. The normalized spacial score (nSPS) is 10.0. The molecule has 2 aromatic carbocycles. The Bertz CT molecular complexity index is 996. The standard InChI is InChI=1S/C19H16N2O4/c1-23-15-9-7-12(11-16(15)24-2)8-10-17-20-14-6-4-5-13(18(14)21-17)19(22)25-3/h4-7,9,11H,1-3H3,(H,20,21). The number of rotatable bonds is 3. The third-order valence-corrected chi connectivity index (χ3v) is 3.63. The van der Waals surface area contributed by atoms with Gasteiger partial charge in [-0.3, -0.25) is 0 Å². The number of carbonyl (C=O) groups is 1. The van der Waals surface area contributed by atoms with E-state index in [1.807, 2.05) is 12.1 Å². The first-order valence-corrected chi connectivity index (χ1v) is 7.47. The fraction of sp³-hybridized carbons (Fsp3) is 0.158. The van der Waals surface area contributed by atoms with Crippen LogP contribution in [0, 0.1) is 11.8 Å². The topological polar surface area (TPSA) is 73.4 Å². The summed E-state index contributed by atoms with van der Waals surface area (Å²) in [7, 11) is 4.49. The van der Waals surface area contributed by atoms with Gasteiger partial charge < -0.3 is 19.2 Å². The fourth-order valence-corrected chi connectivity index (χ4v) is 2.41. The van der Waals surface area contributed by atoms with E-state index in [4.69, 9.17) is 14.2 Å². The molecule has 126 valence electrons. The van der Waals surface area contributed by atoms with Gasteiger partial charge in [0.2, 0.25) is 0 Å². The van der Waals surface area contributed by atoms with Crippen molar-refractivity contribution in [3.63, 3.8) is 0 Å². The molecule has 0 saturated heterocycles. The first kappa shape index (κ1) is 16.4. The monoisotopic (exact) mass is 336 g/mol. The van der Waals surface area contributed by atoms with Crippen LogP contribution >= 0.6 is 0 Å². The molecule has 1 N–H and O–H groups in total. The molecule has 3 rings (SSSR count). The van der Waals surface area contributed by atoms with Crippen molar-refractivity contribution in [3.05, 3.63) is 53.3 Å². The lowest BCUT2D eigenvalue weighted by Crippen LogP contribution is -2.01. The molecule has 0 amide bonds. The number of carbonyl (C=O) groups excluding carboxylic acids is 1. The van der Waals surface area contributed by atoms with E-state index in [9.17, 15) is 4.79 Å². The molecule has 0 fully saturated rings. The first-order chi connectivity index (χ1) is 12.2. The van der Waals surface area contributed by atoms with Gasteiger partial charge in [0.25, 0.3) is 0 Å². The number of para-hydroxylation sites is 1. The number of fused-ring (bicyclic) bond motifs is 1. The molecule has 1 aromatic heterocycles. The van der Waals surface area contributed by atoms with Gasteiger partial charge in [-0.05, 0) is 36.3 Å². The van der Waals surface area contributed by atoms with E-state index < -0.39 is 5.97 Å². The SMILES string of the molecule is COC(=O)c1cccc2[nH]c(C#Cc3ccc(OC)c(OC)c3)nc12. The second kappa shape index (κ2) is 6.97. The summed E-state index contributed by atoms with van der Waals surface area (Å²) in [6.07, 6.45) is 0. The fourth-order valence-electron chi connectivity index (χ4n) is 2.41. The number of nitrogens with one attached hydrogen (secondary N) is 1. The van der Waals surface area contributed by atoms with E-state index in [-0.39, 0.29) is 0 Å². The lowest BCUT2D eigenvalue weighted by Gasteiger charge is -2.06. The number of nitrogens with zero attached hydrogens (tertiary/aromatic N) is 1. The number of hydrogen-bond donors (Lipinski definition) is 1. The van der Waals surface area contributed by atoms with Crippen molar-refractivity contribution < 1.29 is 19.0 Å². The molecule has 0 unspecified atom stereocenters. The molecule has 0 radical (unpaired) electrons. The Hall–Kier alpha value is -3.46. The molecule has 0 atom stereocenters. The van der Waals surface area contributed by atoms with E-state index in [1.165, 1.54) is 7.11 Å². The Kier molecular flexibility index (Phi) is 4.57. The van der Waals surface area contributed by atoms with Crippen LogP contribution in [0.15, 0.2) is 36.4 Å². The van der Waals surface area contributed by atoms with Crippen molar-refractivity contribution >= 4 is 17.0 Å². The summed E-state index contributed by atoms with van der Waals surface area (Å²) in [6, 6.07) is 10.7. The molecule has 0 saturated carbocycles. The highest BCUT2D eigenvalue weighted by atomic mass is 16.5. The van der Waals surface area contributed by atoms with Crippen molar-refractivity contribution in [2.24, 2.45) is 0 Å². The summed E-state index contributed by atoms with van der Waals surface area (Å²) in [5.41, 5.74) is 2.41. The molecule has 0 bridgehead atoms. The van der Waals surface area contributed by atoms with Gasteiger partial charge in [0, 0.05) is 5.56 Å². The summed E-state index contributed by atoms with van der Waals surface area (Å²) in [4.78, 5) is 19.3. The predicted octanol–water partition coefficient (Wildman–Crippen LogP) is 2.77. The van der Waals surface area contributed by atoms with Crippen molar-refractivity contribution in [2.75, 3.05) is 21.3 Å². The van der Waals surface area contributed by atoms with E-state index >= 15 is 0 Å². The van der Waals surface area contributed by atoms with Gasteiger partial charge in [-0.2, -0.15) is 0 Å². The van der Waals surface area contributed by atoms with Gasteiger partial charge in [0.05, 0.1) is 32.4 Å². The molecule has 6 nitrogen and oxygen atoms in total. The minimum Gasteiger partial charge on any atom is -0.493 e.